The number of halogens is 4. The van der Waals surface area contributed by atoms with E-state index in [4.69, 9.17) is 21.1 Å². The molecule has 6 rings (SSSR count). The molecule has 2 atom stereocenters. The molecule has 43 heavy (non-hydrogen) atoms. The van der Waals surface area contributed by atoms with Crippen molar-refractivity contribution in [3.05, 3.63) is 34.9 Å². The topological polar surface area (TPSA) is 89.5 Å². The Balaban J connectivity index is 1.40. The van der Waals surface area contributed by atoms with Gasteiger partial charge in [-0.05, 0) is 64.6 Å². The van der Waals surface area contributed by atoms with Crippen LogP contribution in [0.15, 0.2) is 23.2 Å². The van der Waals surface area contributed by atoms with Crippen LogP contribution < -0.4 is 10.1 Å². The molecule has 228 valence electrons. The van der Waals surface area contributed by atoms with Crippen LogP contribution in [0.1, 0.15) is 40.0 Å². The Kier molecular flexibility index (Phi) is 7.89. The minimum absolute atomic E-state index is 0.0192. The molecule has 0 bridgehead atoms. The highest BCUT2D eigenvalue weighted by atomic mass is 35.5. The molecular formula is C29H29ClF3N5O3S2. The van der Waals surface area contributed by atoms with Crippen LogP contribution in [0.4, 0.5) is 23.1 Å². The van der Waals surface area contributed by atoms with Crippen molar-refractivity contribution in [2.45, 2.75) is 62.4 Å². The summed E-state index contributed by atoms with van der Waals surface area (Å²) in [6.45, 7) is 6.53. The summed E-state index contributed by atoms with van der Waals surface area (Å²) in [5.74, 6) is -1.34. The fraction of sp³-hybridized carbons (Fsp3) is 0.448. The molecule has 1 amide bonds. The van der Waals surface area contributed by atoms with Gasteiger partial charge in [0.1, 0.15) is 34.7 Å². The summed E-state index contributed by atoms with van der Waals surface area (Å²) in [7, 11) is 0. The first-order valence-electron chi connectivity index (χ1n) is 13.7. The third-order valence-corrected chi connectivity index (χ3v) is 9.60. The number of thioether (sulfide) groups is 1. The summed E-state index contributed by atoms with van der Waals surface area (Å²) in [6.07, 6.45) is 2.28. The summed E-state index contributed by atoms with van der Waals surface area (Å²) in [4.78, 5) is 27.7. The van der Waals surface area contributed by atoms with Gasteiger partial charge in [0.15, 0.2) is 10.9 Å². The number of rotatable bonds is 6. The molecule has 0 saturated carbocycles. The number of ether oxygens (including phenoxy) is 2. The normalized spacial score (nSPS) is 20.6. The molecule has 4 aromatic rings. The van der Waals surface area contributed by atoms with Gasteiger partial charge in [-0.3, -0.25) is 10.2 Å². The van der Waals surface area contributed by atoms with Crippen LogP contribution in [0.3, 0.4) is 0 Å². The van der Waals surface area contributed by atoms with Gasteiger partial charge < -0.3 is 9.47 Å². The van der Waals surface area contributed by atoms with Crippen LogP contribution in [0.2, 0.25) is 5.02 Å². The number of fused-ring (bicyclic) bond motifs is 3. The van der Waals surface area contributed by atoms with Crippen molar-refractivity contribution in [3.8, 4) is 17.1 Å². The maximum Gasteiger partial charge on any atom is 0.413 e. The molecule has 8 nitrogen and oxygen atoms in total. The van der Waals surface area contributed by atoms with Crippen LogP contribution in [0, 0.1) is 11.6 Å². The smallest absolute Gasteiger partial charge is 0.413 e. The maximum absolute atomic E-state index is 16.4. The second kappa shape index (κ2) is 11.2. The zero-order valence-corrected chi connectivity index (χ0v) is 26.3. The number of carbonyl (C=O) groups is 1. The van der Waals surface area contributed by atoms with E-state index in [0.29, 0.717) is 23.4 Å². The monoisotopic (exact) mass is 651 g/mol. The number of hydrogen-bond donors (Lipinski definition) is 1. The van der Waals surface area contributed by atoms with Crippen molar-refractivity contribution in [2.75, 3.05) is 31.3 Å². The van der Waals surface area contributed by atoms with E-state index >= 15 is 4.39 Å². The molecule has 1 N–H and O–H groups in total. The number of benzene rings is 2. The third-order valence-electron chi connectivity index (χ3n) is 7.62. The molecule has 2 aromatic carbocycles. The van der Waals surface area contributed by atoms with Gasteiger partial charge in [0.05, 0.1) is 20.8 Å². The van der Waals surface area contributed by atoms with Gasteiger partial charge in [0, 0.05) is 29.5 Å². The predicted octanol–water partition coefficient (Wildman–Crippen LogP) is 7.86. The zero-order valence-electron chi connectivity index (χ0n) is 23.9. The Labute approximate surface area is 259 Å². The van der Waals surface area contributed by atoms with Crippen molar-refractivity contribution in [1.82, 2.24) is 19.9 Å². The Morgan fingerprint density at radius 2 is 2.05 bits per heavy atom. The summed E-state index contributed by atoms with van der Waals surface area (Å²) in [6, 6.07) is 4.13. The minimum atomic E-state index is -0.913. The van der Waals surface area contributed by atoms with Crippen molar-refractivity contribution in [3.63, 3.8) is 0 Å². The van der Waals surface area contributed by atoms with Gasteiger partial charge >= 0.3 is 12.1 Å². The first-order valence-corrected chi connectivity index (χ1v) is 16.1. The Hall–Kier alpha value is -2.87. The molecule has 14 heteroatoms. The molecule has 2 aromatic heterocycles. The van der Waals surface area contributed by atoms with Crippen molar-refractivity contribution >= 4 is 67.0 Å². The standard InChI is InChI=1S/C29H29ClF3N5O3S2/c1-28(2,3)41-27(39)37-26-35-22-15(6-7-18(32)23(22)43-26)19-17(30)10-16-21(20(19)33)34-25(36-24(16)42-4)40-13-29-8-5-9-38(29)12-14(31)11-29/h6-7,10,14H,5,8-9,11-13H2,1-4H3,(H,35,37,39)/t14-,29+/m1/s1. The van der Waals surface area contributed by atoms with Crippen LogP contribution in [0.5, 0.6) is 6.01 Å². The maximum atomic E-state index is 16.4. The molecule has 2 fully saturated rings. The number of anilines is 1. The van der Waals surface area contributed by atoms with E-state index in [9.17, 15) is 13.6 Å². The molecule has 2 aliphatic heterocycles. The highest BCUT2D eigenvalue weighted by Crippen LogP contribution is 2.44. The molecule has 4 heterocycles. The van der Waals surface area contributed by atoms with E-state index in [2.05, 4.69) is 25.2 Å². The number of hydrogen-bond acceptors (Lipinski definition) is 9. The predicted molar refractivity (Wildman–Crippen MR) is 163 cm³/mol. The quantitative estimate of drug-likeness (QED) is 0.166. The van der Waals surface area contributed by atoms with Crippen molar-refractivity contribution in [1.29, 1.82) is 0 Å². The van der Waals surface area contributed by atoms with Crippen LogP contribution in [-0.2, 0) is 4.74 Å². The molecule has 0 unspecified atom stereocenters. The van der Waals surface area contributed by atoms with Gasteiger partial charge in [-0.1, -0.05) is 22.9 Å². The lowest BCUT2D eigenvalue weighted by molar-refractivity contribution is 0.0636. The fourth-order valence-corrected chi connectivity index (χ4v) is 7.61. The number of nitrogens with zero attached hydrogens (tertiary/aromatic N) is 4. The molecule has 0 spiro atoms. The third kappa shape index (κ3) is 5.72. The fourth-order valence-electron chi connectivity index (χ4n) is 5.89. The summed E-state index contributed by atoms with van der Waals surface area (Å²) in [5.41, 5.74) is -0.875. The SMILES string of the molecule is CSc1nc(OC[C@@]23CCCN2C[C@H](F)C3)nc2c(F)c(-c3ccc(F)c4sc(NC(=O)OC(C)(C)C)nc34)c(Cl)cc12. The van der Waals surface area contributed by atoms with Gasteiger partial charge in [0.2, 0.25) is 0 Å². The number of thiazole rings is 1. The first-order chi connectivity index (χ1) is 20.4. The van der Waals surface area contributed by atoms with E-state index in [1.807, 2.05) is 0 Å². The van der Waals surface area contributed by atoms with Crippen molar-refractivity contribution in [2.24, 2.45) is 0 Å². The molecule has 2 saturated heterocycles. The number of aromatic nitrogens is 3. The number of carbonyl (C=O) groups excluding carboxylic acids is 1. The van der Waals surface area contributed by atoms with Gasteiger partial charge in [0.25, 0.3) is 0 Å². The van der Waals surface area contributed by atoms with Gasteiger partial charge in [-0.15, -0.1) is 11.8 Å². The molecule has 2 aliphatic rings. The minimum Gasteiger partial charge on any atom is -0.461 e. The Bertz CT molecular complexity index is 1750. The van der Waals surface area contributed by atoms with Gasteiger partial charge in [-0.25, -0.2) is 22.9 Å². The van der Waals surface area contributed by atoms with Crippen molar-refractivity contribution < 1.29 is 27.4 Å². The lowest BCUT2D eigenvalue weighted by Gasteiger charge is -2.30. The highest BCUT2D eigenvalue weighted by Gasteiger charge is 2.49. The molecule has 0 radical (unpaired) electrons. The molecule has 0 aliphatic carbocycles. The lowest BCUT2D eigenvalue weighted by Crippen LogP contribution is -2.43. The zero-order chi connectivity index (χ0) is 30.7. The number of alkyl halides is 1. The average Bonchev–Trinajstić information content (AvgIpc) is 3.60. The Morgan fingerprint density at radius 1 is 1.26 bits per heavy atom. The molecular weight excluding hydrogens is 623 g/mol. The van der Waals surface area contributed by atoms with E-state index < -0.39 is 35.0 Å². The van der Waals surface area contributed by atoms with E-state index in [0.717, 1.165) is 30.7 Å². The first kappa shape index (κ1) is 30.2. The van der Waals surface area contributed by atoms with E-state index in [-0.39, 0.29) is 49.6 Å². The number of nitrogens with one attached hydrogen (secondary N) is 1. The van der Waals surface area contributed by atoms with Crippen LogP contribution >= 0.6 is 34.7 Å². The summed E-state index contributed by atoms with van der Waals surface area (Å²) >= 11 is 8.83. The summed E-state index contributed by atoms with van der Waals surface area (Å²) in [5, 5.41) is 3.51. The lowest BCUT2D eigenvalue weighted by atomic mass is 9.95. The average molecular weight is 652 g/mol. The number of amides is 1. The largest absolute Gasteiger partial charge is 0.461 e. The van der Waals surface area contributed by atoms with Gasteiger partial charge in [-0.2, -0.15) is 9.97 Å². The summed E-state index contributed by atoms with van der Waals surface area (Å²) < 4.78 is 57.0. The highest BCUT2D eigenvalue weighted by molar-refractivity contribution is 7.98. The van der Waals surface area contributed by atoms with E-state index in [1.54, 1.807) is 33.1 Å². The van der Waals surface area contributed by atoms with Crippen LogP contribution in [-0.4, -0.2) is 69.2 Å². The second-order valence-electron chi connectivity index (χ2n) is 11.7. The Morgan fingerprint density at radius 3 is 2.79 bits per heavy atom. The second-order valence-corrected chi connectivity index (χ2v) is 13.9. The van der Waals surface area contributed by atoms with E-state index in [1.165, 1.54) is 23.9 Å². The van der Waals surface area contributed by atoms with Crippen LogP contribution in [0.25, 0.3) is 32.2 Å².